The van der Waals surface area contributed by atoms with E-state index in [0.29, 0.717) is 5.56 Å². The monoisotopic (exact) mass is 365 g/mol. The standard InChI is InChI=1S/C18H27N3O3S/c1-20-11-10-16(13-20)21(2)25(23,24)17-9-5-6-14(12-17)18(22)19-15-7-3-4-8-15/h5-6,9,12,15-16H,3-4,7-8,10-11,13H2,1-2H3,(H,19,22). The molecule has 1 heterocycles. The summed E-state index contributed by atoms with van der Waals surface area (Å²) in [5.41, 5.74) is 0.407. The number of carbonyl (C=O) groups is 1. The van der Waals surface area contributed by atoms with Crippen molar-refractivity contribution in [3.05, 3.63) is 29.8 Å². The van der Waals surface area contributed by atoms with Gasteiger partial charge < -0.3 is 10.2 Å². The number of amides is 1. The fraction of sp³-hybridized carbons (Fsp3) is 0.611. The third kappa shape index (κ3) is 4.04. The van der Waals surface area contributed by atoms with Gasteiger partial charge in [0.15, 0.2) is 0 Å². The third-order valence-corrected chi connectivity index (χ3v) is 7.25. The number of hydrogen-bond acceptors (Lipinski definition) is 4. The van der Waals surface area contributed by atoms with Gasteiger partial charge in [-0.2, -0.15) is 4.31 Å². The van der Waals surface area contributed by atoms with Gasteiger partial charge >= 0.3 is 0 Å². The van der Waals surface area contributed by atoms with Crippen molar-refractivity contribution in [3.8, 4) is 0 Å². The molecule has 0 aromatic heterocycles. The predicted molar refractivity (Wildman–Crippen MR) is 97.0 cm³/mol. The van der Waals surface area contributed by atoms with Gasteiger partial charge in [-0.25, -0.2) is 8.42 Å². The van der Waals surface area contributed by atoms with Crippen LogP contribution >= 0.6 is 0 Å². The van der Waals surface area contributed by atoms with Gasteiger partial charge in [-0.05, 0) is 51.1 Å². The van der Waals surface area contributed by atoms with Gasteiger partial charge in [-0.3, -0.25) is 4.79 Å². The largest absolute Gasteiger partial charge is 0.349 e. The highest BCUT2D eigenvalue weighted by atomic mass is 32.2. The topological polar surface area (TPSA) is 69.7 Å². The fourth-order valence-electron chi connectivity index (χ4n) is 3.71. The molecule has 7 heteroatoms. The summed E-state index contributed by atoms with van der Waals surface area (Å²) in [6.07, 6.45) is 5.11. The molecule has 3 rings (SSSR count). The minimum absolute atomic E-state index is 0.0222. The molecule has 1 atom stereocenters. The zero-order valence-corrected chi connectivity index (χ0v) is 15.8. The zero-order valence-electron chi connectivity index (χ0n) is 14.9. The van der Waals surface area contributed by atoms with Gasteiger partial charge in [-0.1, -0.05) is 18.9 Å². The molecule has 1 saturated carbocycles. The average Bonchev–Trinajstić information content (AvgIpc) is 3.26. The van der Waals surface area contributed by atoms with Crippen molar-refractivity contribution in [2.24, 2.45) is 0 Å². The van der Waals surface area contributed by atoms with E-state index in [4.69, 9.17) is 0 Å². The Morgan fingerprint density at radius 1 is 1.24 bits per heavy atom. The van der Waals surface area contributed by atoms with Crippen LogP contribution in [-0.2, 0) is 10.0 Å². The lowest BCUT2D eigenvalue weighted by Crippen LogP contribution is -2.38. The second-order valence-corrected chi connectivity index (χ2v) is 9.21. The molecule has 1 unspecified atom stereocenters. The molecular weight excluding hydrogens is 338 g/mol. The number of sulfonamides is 1. The van der Waals surface area contributed by atoms with E-state index >= 15 is 0 Å². The van der Waals surface area contributed by atoms with E-state index in [-0.39, 0.29) is 22.9 Å². The molecule has 0 spiro atoms. The first-order valence-electron chi connectivity index (χ1n) is 8.95. The molecule has 1 aliphatic heterocycles. The number of hydrogen-bond donors (Lipinski definition) is 1. The molecule has 1 aromatic carbocycles. The highest BCUT2D eigenvalue weighted by Crippen LogP contribution is 2.23. The molecule has 138 valence electrons. The number of benzene rings is 1. The average molecular weight is 365 g/mol. The predicted octanol–water partition coefficient (Wildman–Crippen LogP) is 1.68. The van der Waals surface area contributed by atoms with Crippen molar-refractivity contribution < 1.29 is 13.2 Å². The second-order valence-electron chi connectivity index (χ2n) is 7.21. The fourth-order valence-corrected chi connectivity index (χ4v) is 5.13. The van der Waals surface area contributed by atoms with E-state index < -0.39 is 10.0 Å². The normalized spacial score (nSPS) is 22.6. The van der Waals surface area contributed by atoms with Crippen molar-refractivity contribution in [3.63, 3.8) is 0 Å². The summed E-state index contributed by atoms with van der Waals surface area (Å²) in [6.45, 7) is 1.63. The molecule has 1 amide bonds. The maximum Gasteiger partial charge on any atom is 0.251 e. The number of nitrogens with one attached hydrogen (secondary N) is 1. The lowest BCUT2D eigenvalue weighted by atomic mass is 10.2. The van der Waals surface area contributed by atoms with Crippen molar-refractivity contribution >= 4 is 15.9 Å². The Bertz CT molecular complexity index is 729. The van der Waals surface area contributed by atoms with Crippen molar-refractivity contribution in [1.82, 2.24) is 14.5 Å². The SMILES string of the molecule is CN1CCC(N(C)S(=O)(=O)c2cccc(C(=O)NC3CCCC3)c2)C1. The van der Waals surface area contributed by atoms with Gasteiger partial charge in [0.25, 0.3) is 5.91 Å². The Morgan fingerprint density at radius 2 is 1.96 bits per heavy atom. The van der Waals surface area contributed by atoms with Crippen LogP contribution in [0.4, 0.5) is 0 Å². The summed E-state index contributed by atoms with van der Waals surface area (Å²) in [5.74, 6) is -0.188. The summed E-state index contributed by atoms with van der Waals surface area (Å²) in [6, 6.07) is 6.57. The maximum atomic E-state index is 12.9. The first-order valence-corrected chi connectivity index (χ1v) is 10.4. The van der Waals surface area contributed by atoms with E-state index in [1.165, 1.54) is 10.4 Å². The molecule has 1 N–H and O–H groups in total. The molecule has 25 heavy (non-hydrogen) atoms. The quantitative estimate of drug-likeness (QED) is 0.862. The Balaban J connectivity index is 1.76. The summed E-state index contributed by atoms with van der Waals surface area (Å²) < 4.78 is 27.3. The molecule has 1 aliphatic carbocycles. The van der Waals surface area contributed by atoms with E-state index in [9.17, 15) is 13.2 Å². The third-order valence-electron chi connectivity index (χ3n) is 5.34. The van der Waals surface area contributed by atoms with Crippen LogP contribution < -0.4 is 5.32 Å². The minimum Gasteiger partial charge on any atom is -0.349 e. The number of likely N-dealkylation sites (tertiary alicyclic amines) is 1. The van der Waals surface area contributed by atoms with Crippen LogP contribution in [0.25, 0.3) is 0 Å². The Morgan fingerprint density at radius 3 is 2.60 bits per heavy atom. The molecule has 1 aromatic rings. The van der Waals surface area contributed by atoms with Crippen LogP contribution in [0.2, 0.25) is 0 Å². The van der Waals surface area contributed by atoms with Crippen LogP contribution in [0.5, 0.6) is 0 Å². The van der Waals surface area contributed by atoms with Crippen molar-refractivity contribution in [2.75, 3.05) is 27.2 Å². The van der Waals surface area contributed by atoms with Crippen LogP contribution in [0.1, 0.15) is 42.5 Å². The first-order chi connectivity index (χ1) is 11.9. The van der Waals surface area contributed by atoms with Crippen LogP contribution in [0.15, 0.2) is 29.2 Å². The van der Waals surface area contributed by atoms with Crippen LogP contribution in [0.3, 0.4) is 0 Å². The molecule has 0 radical (unpaired) electrons. The zero-order chi connectivity index (χ0) is 18.0. The van der Waals surface area contributed by atoms with E-state index in [1.807, 2.05) is 7.05 Å². The Hall–Kier alpha value is -1.44. The van der Waals surface area contributed by atoms with Crippen molar-refractivity contribution in [1.29, 1.82) is 0 Å². The summed E-state index contributed by atoms with van der Waals surface area (Å²) in [7, 11) is 0.0214. The van der Waals surface area contributed by atoms with Gasteiger partial charge in [0.2, 0.25) is 10.0 Å². The molecule has 1 saturated heterocycles. The van der Waals surface area contributed by atoms with Gasteiger partial charge in [0.05, 0.1) is 4.90 Å². The molecule has 0 bridgehead atoms. The van der Waals surface area contributed by atoms with Gasteiger partial charge in [0.1, 0.15) is 0 Å². The Labute approximate surface area is 150 Å². The van der Waals surface area contributed by atoms with Gasteiger partial charge in [-0.15, -0.1) is 0 Å². The van der Waals surface area contributed by atoms with E-state index in [0.717, 1.165) is 45.2 Å². The molecule has 6 nitrogen and oxygen atoms in total. The molecule has 2 fully saturated rings. The number of rotatable bonds is 5. The maximum absolute atomic E-state index is 12.9. The Kier molecular flexibility index (Phi) is 5.46. The number of nitrogens with zero attached hydrogens (tertiary/aromatic N) is 2. The number of carbonyl (C=O) groups excluding carboxylic acids is 1. The second kappa shape index (κ2) is 7.43. The van der Waals surface area contributed by atoms with Crippen molar-refractivity contribution in [2.45, 2.75) is 49.1 Å². The van der Waals surface area contributed by atoms with Crippen LogP contribution in [0, 0.1) is 0 Å². The summed E-state index contributed by atoms with van der Waals surface area (Å²) in [4.78, 5) is 14.7. The van der Waals surface area contributed by atoms with E-state index in [2.05, 4.69) is 10.2 Å². The van der Waals surface area contributed by atoms with Crippen LogP contribution in [-0.4, -0.2) is 62.8 Å². The smallest absolute Gasteiger partial charge is 0.251 e. The lowest BCUT2D eigenvalue weighted by molar-refractivity contribution is 0.0937. The highest BCUT2D eigenvalue weighted by molar-refractivity contribution is 7.89. The summed E-state index contributed by atoms with van der Waals surface area (Å²) >= 11 is 0. The summed E-state index contributed by atoms with van der Waals surface area (Å²) in [5, 5.41) is 3.01. The van der Waals surface area contributed by atoms with E-state index in [1.54, 1.807) is 25.2 Å². The molecule has 2 aliphatic rings. The number of likely N-dealkylation sites (N-methyl/N-ethyl adjacent to an activating group) is 2. The molecular formula is C18H27N3O3S. The van der Waals surface area contributed by atoms with Gasteiger partial charge in [0, 0.05) is 31.2 Å². The first kappa shape index (κ1) is 18.4. The minimum atomic E-state index is -3.60. The lowest BCUT2D eigenvalue weighted by Gasteiger charge is -2.24. The highest BCUT2D eigenvalue weighted by Gasteiger charge is 2.32.